The van der Waals surface area contributed by atoms with E-state index in [1.54, 1.807) is 43.1 Å². The molecule has 6 rings (SSSR count). The Hall–Kier alpha value is -6.19. The molecular weight excluding hydrogens is 679 g/mol. The largest absolute Gasteiger partial charge is 0.495 e. The van der Waals surface area contributed by atoms with Gasteiger partial charge in [-0.3, -0.25) is 24.5 Å². The maximum atomic E-state index is 15.4. The number of nitrogens with two attached hydrogens (primary N) is 2. The normalized spacial score (nSPS) is 10.8. The number of imidazole rings is 1. The third-order valence-corrected chi connectivity index (χ3v) is 7.80. The zero-order chi connectivity index (χ0) is 36.5. The molecule has 0 fully saturated rings. The Morgan fingerprint density at radius 1 is 0.941 bits per heavy atom. The predicted molar refractivity (Wildman–Crippen MR) is 191 cm³/mol. The summed E-state index contributed by atoms with van der Waals surface area (Å²) in [5.74, 6) is -0.414. The van der Waals surface area contributed by atoms with Crippen molar-refractivity contribution < 1.29 is 23.5 Å². The monoisotopic (exact) mass is 712 g/mol. The number of nitrogens with zero attached hydrogens (tertiary/aromatic N) is 7. The van der Waals surface area contributed by atoms with Gasteiger partial charge in [0, 0.05) is 67.5 Å². The third-order valence-electron chi connectivity index (χ3n) is 7.43. The van der Waals surface area contributed by atoms with Crippen molar-refractivity contribution in [1.82, 2.24) is 34.4 Å². The van der Waals surface area contributed by atoms with Crippen LogP contribution in [0.5, 0.6) is 11.5 Å². The van der Waals surface area contributed by atoms with Gasteiger partial charge < -0.3 is 30.8 Å². The summed E-state index contributed by atoms with van der Waals surface area (Å²) < 4.78 is 27.7. The van der Waals surface area contributed by atoms with E-state index < -0.39 is 11.7 Å². The molecule has 4 heterocycles. The van der Waals surface area contributed by atoms with Gasteiger partial charge in [-0.25, -0.2) is 19.3 Å². The quantitative estimate of drug-likeness (QED) is 0.171. The van der Waals surface area contributed by atoms with Gasteiger partial charge >= 0.3 is 0 Å². The summed E-state index contributed by atoms with van der Waals surface area (Å²) in [6.07, 6.45) is 11.5. The SMILES string of the molecule is CN(CC(N)=O)Cc1ccc(N)nc1.COc1cc(OC)c(Cl)c(-c2ccc(C(=O)Nc3ccc(Cn4ccnc4)cn3)c3nccnc23)c1F. The Morgan fingerprint density at radius 3 is 2.29 bits per heavy atom. The van der Waals surface area contributed by atoms with Crippen molar-refractivity contribution >= 4 is 46.1 Å². The number of rotatable bonds is 11. The summed E-state index contributed by atoms with van der Waals surface area (Å²) in [5.41, 5.74) is 13.6. The molecule has 0 unspecified atom stereocenters. The number of anilines is 2. The zero-order valence-corrected chi connectivity index (χ0v) is 28.6. The highest BCUT2D eigenvalue weighted by atomic mass is 35.5. The molecule has 0 aliphatic rings. The van der Waals surface area contributed by atoms with Gasteiger partial charge in [0.1, 0.15) is 22.9 Å². The van der Waals surface area contributed by atoms with Crippen molar-refractivity contribution in [3.8, 4) is 22.6 Å². The van der Waals surface area contributed by atoms with Gasteiger partial charge in [-0.2, -0.15) is 0 Å². The van der Waals surface area contributed by atoms with E-state index in [1.807, 2.05) is 34.8 Å². The lowest BCUT2D eigenvalue weighted by molar-refractivity contribution is -0.118. The number of fused-ring (bicyclic) bond motifs is 1. The van der Waals surface area contributed by atoms with E-state index in [1.165, 1.54) is 38.7 Å². The number of primary amides is 1. The number of nitrogen functional groups attached to an aromatic ring is 1. The number of amides is 2. The van der Waals surface area contributed by atoms with E-state index in [4.69, 9.17) is 32.5 Å². The molecule has 262 valence electrons. The number of aromatic nitrogens is 6. The lowest BCUT2D eigenvalue weighted by atomic mass is 9.99. The maximum absolute atomic E-state index is 15.4. The van der Waals surface area contributed by atoms with Gasteiger partial charge in [-0.15, -0.1) is 0 Å². The molecule has 14 nitrogen and oxygen atoms in total. The third kappa shape index (κ3) is 8.89. The van der Waals surface area contributed by atoms with Crippen LogP contribution >= 0.6 is 11.6 Å². The van der Waals surface area contributed by atoms with Gasteiger partial charge in [0.05, 0.1) is 43.2 Å². The summed E-state index contributed by atoms with van der Waals surface area (Å²) in [6.45, 7) is 1.48. The van der Waals surface area contributed by atoms with E-state index in [2.05, 4.69) is 30.2 Å². The predicted octanol–water partition coefficient (Wildman–Crippen LogP) is 4.58. The van der Waals surface area contributed by atoms with Crippen molar-refractivity contribution in [1.29, 1.82) is 0 Å². The first kappa shape index (κ1) is 36.1. The number of pyridine rings is 2. The van der Waals surface area contributed by atoms with Gasteiger partial charge in [0.15, 0.2) is 11.6 Å². The van der Waals surface area contributed by atoms with E-state index in [0.29, 0.717) is 30.3 Å². The molecule has 0 spiro atoms. The molecule has 2 amide bonds. The smallest absolute Gasteiger partial charge is 0.259 e. The van der Waals surface area contributed by atoms with Crippen LogP contribution in [-0.4, -0.2) is 74.0 Å². The topological polar surface area (TPSA) is 189 Å². The first-order chi connectivity index (χ1) is 24.6. The number of nitrogens with one attached hydrogen (secondary N) is 1. The highest BCUT2D eigenvalue weighted by Gasteiger charge is 2.24. The fourth-order valence-corrected chi connectivity index (χ4v) is 5.41. The molecule has 0 saturated heterocycles. The van der Waals surface area contributed by atoms with Crippen molar-refractivity contribution in [2.45, 2.75) is 13.1 Å². The van der Waals surface area contributed by atoms with Crippen LogP contribution in [0.15, 0.2) is 86.0 Å². The number of ether oxygens (including phenoxy) is 2. The number of methoxy groups -OCH3 is 2. The number of carbonyl (C=O) groups excluding carboxylic acids is 2. The number of benzene rings is 2. The minimum absolute atomic E-state index is 0.0328. The van der Waals surface area contributed by atoms with E-state index in [9.17, 15) is 9.59 Å². The molecule has 0 saturated carbocycles. The number of hydrogen-bond donors (Lipinski definition) is 3. The average molecular weight is 713 g/mol. The van der Waals surface area contributed by atoms with Crippen LogP contribution in [0.2, 0.25) is 5.02 Å². The van der Waals surface area contributed by atoms with Crippen LogP contribution in [0.25, 0.3) is 22.2 Å². The minimum Gasteiger partial charge on any atom is -0.495 e. The molecule has 5 N–H and O–H groups in total. The Kier molecular flexibility index (Phi) is 11.7. The molecule has 6 aromatic rings. The molecule has 0 aliphatic heterocycles. The molecule has 4 aromatic heterocycles. The molecule has 0 aliphatic carbocycles. The fraction of sp³-hybridized carbons (Fsp3) is 0.171. The van der Waals surface area contributed by atoms with E-state index >= 15 is 4.39 Å². The van der Waals surface area contributed by atoms with Crippen LogP contribution in [0, 0.1) is 5.82 Å². The standard InChI is InChI=1S/C26H20ClFN6O3.C9H14N4O/c1-36-18-11-19(37-2)23(28)21(22(18)27)16-4-5-17(25-24(16)30-7-8-31-25)26(35)33-20-6-3-15(12-32-20)13-34-10-9-29-14-34;1-13(6-9(11)14)5-7-2-3-8(10)12-4-7/h3-12,14H,13H2,1-2H3,(H,32,33,35);2-4H,5-6H2,1H3,(H2,10,12)(H2,11,14). The summed E-state index contributed by atoms with van der Waals surface area (Å²) in [4.78, 5) is 46.6. The average Bonchev–Trinajstić information content (AvgIpc) is 3.63. The van der Waals surface area contributed by atoms with Gasteiger partial charge in [-0.1, -0.05) is 29.8 Å². The molecule has 51 heavy (non-hydrogen) atoms. The number of halogens is 2. The minimum atomic E-state index is -0.683. The Morgan fingerprint density at radius 2 is 1.67 bits per heavy atom. The fourth-order valence-electron chi connectivity index (χ4n) is 5.09. The summed E-state index contributed by atoms with van der Waals surface area (Å²) in [5, 5.41) is 2.82. The summed E-state index contributed by atoms with van der Waals surface area (Å²) in [6, 6.07) is 11.7. The lowest BCUT2D eigenvalue weighted by Gasteiger charge is -2.15. The van der Waals surface area contributed by atoms with Gasteiger partial charge in [0.25, 0.3) is 5.91 Å². The Balaban J connectivity index is 0.000000303. The first-order valence-electron chi connectivity index (χ1n) is 15.3. The van der Waals surface area contributed by atoms with Crippen LogP contribution in [0.3, 0.4) is 0 Å². The van der Waals surface area contributed by atoms with Gasteiger partial charge in [0.2, 0.25) is 5.91 Å². The molecule has 16 heteroatoms. The second kappa shape index (κ2) is 16.5. The Labute approximate surface area is 297 Å². The second-order valence-electron chi connectivity index (χ2n) is 11.2. The molecule has 0 bridgehead atoms. The second-order valence-corrected chi connectivity index (χ2v) is 11.5. The van der Waals surface area contributed by atoms with Crippen LogP contribution < -0.4 is 26.3 Å². The number of carbonyl (C=O) groups is 2. The Bertz CT molecular complexity index is 2100. The van der Waals surface area contributed by atoms with Crippen molar-refractivity contribution in [3.63, 3.8) is 0 Å². The molecule has 0 radical (unpaired) electrons. The van der Waals surface area contributed by atoms with Crippen molar-refractivity contribution in [2.75, 3.05) is 38.9 Å². The number of likely N-dealkylation sites (N-methyl/N-ethyl adjacent to an activating group) is 1. The zero-order valence-electron chi connectivity index (χ0n) is 27.9. The highest BCUT2D eigenvalue weighted by Crippen LogP contribution is 2.44. The van der Waals surface area contributed by atoms with Gasteiger partial charge in [-0.05, 0) is 36.4 Å². The molecule has 0 atom stereocenters. The van der Waals surface area contributed by atoms with Crippen molar-refractivity contribution in [2.24, 2.45) is 5.73 Å². The van der Waals surface area contributed by atoms with E-state index in [-0.39, 0.29) is 51.1 Å². The highest BCUT2D eigenvalue weighted by molar-refractivity contribution is 6.35. The van der Waals surface area contributed by atoms with Crippen LogP contribution in [0.1, 0.15) is 21.5 Å². The lowest BCUT2D eigenvalue weighted by Crippen LogP contribution is -2.30. The molecular formula is C35H34ClFN10O4. The first-order valence-corrected chi connectivity index (χ1v) is 15.7. The summed E-state index contributed by atoms with van der Waals surface area (Å²) >= 11 is 6.48. The summed E-state index contributed by atoms with van der Waals surface area (Å²) in [7, 11) is 4.59. The number of hydrogen-bond acceptors (Lipinski definition) is 11. The molecule has 2 aromatic carbocycles. The van der Waals surface area contributed by atoms with Crippen LogP contribution in [0.4, 0.5) is 16.0 Å². The van der Waals surface area contributed by atoms with Crippen molar-refractivity contribution in [3.05, 3.63) is 114 Å². The van der Waals surface area contributed by atoms with E-state index in [0.717, 1.165) is 11.1 Å². The van der Waals surface area contributed by atoms with Crippen LogP contribution in [-0.2, 0) is 17.9 Å². The maximum Gasteiger partial charge on any atom is 0.259 e.